The molecule has 0 aliphatic rings. The minimum atomic E-state index is 0.614. The summed E-state index contributed by atoms with van der Waals surface area (Å²) in [4.78, 5) is 0. The predicted octanol–water partition coefficient (Wildman–Crippen LogP) is 2.05. The van der Waals surface area contributed by atoms with Crippen LogP contribution in [0.3, 0.4) is 0 Å². The molecule has 0 amide bonds. The summed E-state index contributed by atoms with van der Waals surface area (Å²) in [5, 5.41) is 3.40. The van der Waals surface area contributed by atoms with Crippen molar-refractivity contribution in [2.75, 3.05) is 20.3 Å². The third-order valence-electron chi connectivity index (χ3n) is 1.88. The van der Waals surface area contributed by atoms with Crippen molar-refractivity contribution in [1.82, 2.24) is 5.32 Å². The van der Waals surface area contributed by atoms with Gasteiger partial charge in [-0.25, -0.2) is 0 Å². The molecule has 1 N–H and O–H groups in total. The van der Waals surface area contributed by atoms with Crippen LogP contribution in [-0.4, -0.2) is 26.3 Å². The van der Waals surface area contributed by atoms with Crippen molar-refractivity contribution >= 4 is 0 Å². The van der Waals surface area contributed by atoms with Crippen molar-refractivity contribution in [2.24, 2.45) is 5.92 Å². The molecule has 0 aliphatic carbocycles. The number of hydrogen-bond donors (Lipinski definition) is 1. The Morgan fingerprint density at radius 2 is 1.92 bits per heavy atom. The largest absolute Gasteiger partial charge is 0.384 e. The van der Waals surface area contributed by atoms with E-state index in [1.807, 2.05) is 0 Å². The van der Waals surface area contributed by atoms with Crippen LogP contribution in [0, 0.1) is 5.92 Å². The minimum absolute atomic E-state index is 0.614. The van der Waals surface area contributed by atoms with Crippen molar-refractivity contribution in [1.29, 1.82) is 0 Å². The second kappa shape index (κ2) is 7.56. The maximum absolute atomic E-state index is 5.06. The first kappa shape index (κ1) is 11.9. The van der Waals surface area contributed by atoms with Gasteiger partial charge in [0.05, 0.1) is 0 Å². The lowest BCUT2D eigenvalue weighted by Gasteiger charge is -2.11. The lowest BCUT2D eigenvalue weighted by Crippen LogP contribution is -2.24. The Bertz CT molecular complexity index is 93.8. The van der Waals surface area contributed by atoms with Crippen LogP contribution in [0.15, 0.2) is 0 Å². The van der Waals surface area contributed by atoms with Gasteiger partial charge in [-0.15, -0.1) is 0 Å². The lowest BCUT2D eigenvalue weighted by atomic mass is 10.1. The Morgan fingerprint density at radius 1 is 1.25 bits per heavy atom. The van der Waals surface area contributed by atoms with E-state index >= 15 is 0 Å². The van der Waals surface area contributed by atoms with Crippen molar-refractivity contribution in [2.45, 2.75) is 39.7 Å². The van der Waals surface area contributed by atoms with E-state index in [0.717, 1.165) is 13.2 Å². The van der Waals surface area contributed by atoms with Gasteiger partial charge in [0.1, 0.15) is 0 Å². The SMILES string of the molecule is COCC(C)CCCNC(C)C. The van der Waals surface area contributed by atoms with Crippen LogP contribution in [-0.2, 0) is 4.74 Å². The first-order chi connectivity index (χ1) is 5.66. The Morgan fingerprint density at radius 3 is 2.42 bits per heavy atom. The van der Waals surface area contributed by atoms with E-state index < -0.39 is 0 Å². The molecule has 1 atom stereocenters. The normalized spacial score (nSPS) is 13.8. The minimum Gasteiger partial charge on any atom is -0.384 e. The zero-order valence-electron chi connectivity index (χ0n) is 8.89. The standard InChI is InChI=1S/C10H23NO/c1-9(2)11-7-5-6-10(3)8-12-4/h9-11H,5-8H2,1-4H3. The Kier molecular flexibility index (Phi) is 7.51. The van der Waals surface area contributed by atoms with Crippen LogP contribution in [0.5, 0.6) is 0 Å². The summed E-state index contributed by atoms with van der Waals surface area (Å²) in [5.41, 5.74) is 0. The molecule has 12 heavy (non-hydrogen) atoms. The van der Waals surface area contributed by atoms with Crippen LogP contribution >= 0.6 is 0 Å². The molecule has 2 nitrogen and oxygen atoms in total. The third kappa shape index (κ3) is 8.02. The molecule has 0 aromatic rings. The molecule has 0 aromatic carbocycles. The van der Waals surface area contributed by atoms with Gasteiger partial charge in [0.2, 0.25) is 0 Å². The lowest BCUT2D eigenvalue weighted by molar-refractivity contribution is 0.154. The highest BCUT2D eigenvalue weighted by Gasteiger charge is 2.00. The summed E-state index contributed by atoms with van der Waals surface area (Å²) in [7, 11) is 1.77. The fourth-order valence-corrected chi connectivity index (χ4v) is 1.21. The summed E-state index contributed by atoms with van der Waals surface area (Å²) >= 11 is 0. The maximum atomic E-state index is 5.06. The highest BCUT2D eigenvalue weighted by atomic mass is 16.5. The molecule has 0 saturated carbocycles. The van der Waals surface area contributed by atoms with Crippen molar-refractivity contribution < 1.29 is 4.74 Å². The first-order valence-corrected chi connectivity index (χ1v) is 4.89. The van der Waals surface area contributed by atoms with Gasteiger partial charge in [-0.2, -0.15) is 0 Å². The summed E-state index contributed by atoms with van der Waals surface area (Å²) in [6.45, 7) is 8.61. The average molecular weight is 173 g/mol. The molecule has 0 fully saturated rings. The van der Waals surface area contributed by atoms with Gasteiger partial charge in [0, 0.05) is 19.8 Å². The smallest absolute Gasteiger partial charge is 0.0487 e. The molecular weight excluding hydrogens is 150 g/mol. The summed E-state index contributed by atoms with van der Waals surface area (Å²) in [5.74, 6) is 0.698. The quantitative estimate of drug-likeness (QED) is 0.595. The van der Waals surface area contributed by atoms with Crippen molar-refractivity contribution in [3.05, 3.63) is 0 Å². The van der Waals surface area contributed by atoms with Crippen LogP contribution in [0.2, 0.25) is 0 Å². The van der Waals surface area contributed by atoms with Crippen LogP contribution in [0.25, 0.3) is 0 Å². The Labute approximate surface area is 76.7 Å². The van der Waals surface area contributed by atoms with Gasteiger partial charge in [-0.3, -0.25) is 0 Å². The van der Waals surface area contributed by atoms with E-state index in [4.69, 9.17) is 4.74 Å². The average Bonchev–Trinajstić information content (AvgIpc) is 1.98. The summed E-state index contributed by atoms with van der Waals surface area (Å²) < 4.78 is 5.06. The van der Waals surface area contributed by atoms with E-state index in [0.29, 0.717) is 12.0 Å². The fourth-order valence-electron chi connectivity index (χ4n) is 1.21. The number of rotatable bonds is 7. The van der Waals surface area contributed by atoms with Crippen LogP contribution in [0.4, 0.5) is 0 Å². The number of nitrogens with one attached hydrogen (secondary N) is 1. The van der Waals surface area contributed by atoms with E-state index in [1.54, 1.807) is 7.11 Å². The summed E-state index contributed by atoms with van der Waals surface area (Å²) in [6.07, 6.45) is 2.51. The van der Waals surface area contributed by atoms with Crippen LogP contribution in [0.1, 0.15) is 33.6 Å². The molecule has 0 radical (unpaired) electrons. The van der Waals surface area contributed by atoms with Crippen molar-refractivity contribution in [3.63, 3.8) is 0 Å². The predicted molar refractivity (Wildman–Crippen MR) is 53.4 cm³/mol. The molecule has 0 spiro atoms. The third-order valence-corrected chi connectivity index (χ3v) is 1.88. The van der Waals surface area contributed by atoms with E-state index in [2.05, 4.69) is 26.1 Å². The van der Waals surface area contributed by atoms with E-state index in [1.165, 1.54) is 12.8 Å². The highest BCUT2D eigenvalue weighted by molar-refractivity contribution is 4.56. The van der Waals surface area contributed by atoms with Gasteiger partial charge in [-0.1, -0.05) is 20.8 Å². The molecule has 0 bridgehead atoms. The first-order valence-electron chi connectivity index (χ1n) is 4.89. The monoisotopic (exact) mass is 173 g/mol. The second-order valence-corrected chi connectivity index (χ2v) is 3.81. The number of hydrogen-bond acceptors (Lipinski definition) is 2. The molecule has 2 heteroatoms. The zero-order valence-corrected chi connectivity index (χ0v) is 8.89. The van der Waals surface area contributed by atoms with E-state index in [-0.39, 0.29) is 0 Å². The van der Waals surface area contributed by atoms with Gasteiger partial charge in [-0.05, 0) is 25.3 Å². The molecule has 74 valence electrons. The number of ether oxygens (including phenoxy) is 1. The van der Waals surface area contributed by atoms with E-state index in [9.17, 15) is 0 Å². The van der Waals surface area contributed by atoms with Gasteiger partial charge in [0.25, 0.3) is 0 Å². The van der Waals surface area contributed by atoms with Crippen molar-refractivity contribution in [3.8, 4) is 0 Å². The molecule has 1 unspecified atom stereocenters. The van der Waals surface area contributed by atoms with Gasteiger partial charge < -0.3 is 10.1 Å². The molecule has 0 heterocycles. The molecule has 0 aliphatic heterocycles. The molecule has 0 aromatic heterocycles. The fraction of sp³-hybridized carbons (Fsp3) is 1.00. The second-order valence-electron chi connectivity index (χ2n) is 3.81. The maximum Gasteiger partial charge on any atom is 0.0487 e. The topological polar surface area (TPSA) is 21.3 Å². The highest BCUT2D eigenvalue weighted by Crippen LogP contribution is 2.04. The number of methoxy groups -OCH3 is 1. The van der Waals surface area contributed by atoms with Gasteiger partial charge in [0.15, 0.2) is 0 Å². The zero-order chi connectivity index (χ0) is 9.40. The van der Waals surface area contributed by atoms with Crippen LogP contribution < -0.4 is 5.32 Å². The molecule has 0 saturated heterocycles. The Balaban J connectivity index is 3.08. The Hall–Kier alpha value is -0.0800. The molecular formula is C10H23NO. The summed E-state index contributed by atoms with van der Waals surface area (Å²) in [6, 6.07) is 0.614. The van der Waals surface area contributed by atoms with Gasteiger partial charge >= 0.3 is 0 Å². The molecule has 0 rings (SSSR count).